The average Bonchev–Trinajstić information content (AvgIpc) is 2.92. The van der Waals surface area contributed by atoms with Crippen molar-refractivity contribution in [2.75, 3.05) is 19.6 Å². The molecule has 0 aromatic heterocycles. The molecule has 0 saturated carbocycles. The molecule has 2 aliphatic rings. The Kier molecular flexibility index (Phi) is 4.78. The van der Waals surface area contributed by atoms with E-state index in [1.807, 2.05) is 17.0 Å². The summed E-state index contributed by atoms with van der Waals surface area (Å²) in [4.78, 5) is 25.4. The first-order chi connectivity index (χ1) is 11.4. The minimum Gasteiger partial charge on any atom is -0.488 e. The fourth-order valence-corrected chi connectivity index (χ4v) is 3.34. The Morgan fingerprint density at radius 3 is 2.92 bits per heavy atom. The molecule has 0 unspecified atom stereocenters. The van der Waals surface area contributed by atoms with Gasteiger partial charge in [0.05, 0.1) is 6.42 Å². The van der Waals surface area contributed by atoms with Gasteiger partial charge in [-0.1, -0.05) is 12.1 Å². The quantitative estimate of drug-likeness (QED) is 0.899. The van der Waals surface area contributed by atoms with Crippen molar-refractivity contribution in [3.63, 3.8) is 0 Å². The standard InChI is InChI=1S/C19H26N2O3/c1-19(2)8-7-15-12-14(5-6-16(15)24-19)13-17(22)20-9-11-21-10-3-4-18(21)23/h5-6,12H,3-4,7-11,13H2,1-2H3,(H,20,22). The zero-order chi connectivity index (χ0) is 17.2. The molecule has 0 atom stereocenters. The number of carbonyl (C=O) groups excluding carboxylic acids is 2. The Labute approximate surface area is 143 Å². The van der Waals surface area contributed by atoms with Crippen LogP contribution in [-0.4, -0.2) is 41.9 Å². The lowest BCUT2D eigenvalue weighted by Crippen LogP contribution is -2.36. The number of likely N-dealkylation sites (tertiary alicyclic amines) is 1. The second-order valence-electron chi connectivity index (χ2n) is 7.31. The van der Waals surface area contributed by atoms with Gasteiger partial charge in [-0.05, 0) is 50.3 Å². The Morgan fingerprint density at radius 1 is 1.33 bits per heavy atom. The number of hydrogen-bond acceptors (Lipinski definition) is 3. The summed E-state index contributed by atoms with van der Waals surface area (Å²) in [5.41, 5.74) is 2.08. The third-order valence-electron chi connectivity index (χ3n) is 4.75. The van der Waals surface area contributed by atoms with E-state index >= 15 is 0 Å². The van der Waals surface area contributed by atoms with Gasteiger partial charge in [0.1, 0.15) is 11.4 Å². The van der Waals surface area contributed by atoms with Gasteiger partial charge in [0.25, 0.3) is 0 Å². The van der Waals surface area contributed by atoms with E-state index in [2.05, 4.69) is 25.2 Å². The number of rotatable bonds is 5. The molecule has 2 aliphatic heterocycles. The van der Waals surface area contributed by atoms with Gasteiger partial charge in [-0.15, -0.1) is 0 Å². The van der Waals surface area contributed by atoms with Crippen molar-refractivity contribution in [1.29, 1.82) is 0 Å². The van der Waals surface area contributed by atoms with Crippen LogP contribution in [0, 0.1) is 0 Å². The molecule has 1 saturated heterocycles. The maximum absolute atomic E-state index is 12.1. The number of nitrogens with one attached hydrogen (secondary N) is 1. The maximum atomic E-state index is 12.1. The van der Waals surface area contributed by atoms with Crippen LogP contribution in [0.15, 0.2) is 18.2 Å². The minimum absolute atomic E-state index is 0.00125. The number of hydrogen-bond donors (Lipinski definition) is 1. The summed E-state index contributed by atoms with van der Waals surface area (Å²) in [5.74, 6) is 1.13. The maximum Gasteiger partial charge on any atom is 0.224 e. The summed E-state index contributed by atoms with van der Waals surface area (Å²) < 4.78 is 5.97. The molecular formula is C19H26N2O3. The summed E-state index contributed by atoms with van der Waals surface area (Å²) in [6.45, 7) is 6.14. The first kappa shape index (κ1) is 16.8. The molecule has 0 bridgehead atoms. The van der Waals surface area contributed by atoms with Crippen LogP contribution in [0.2, 0.25) is 0 Å². The third-order valence-corrected chi connectivity index (χ3v) is 4.75. The Balaban J connectivity index is 1.49. The van der Waals surface area contributed by atoms with E-state index in [9.17, 15) is 9.59 Å². The summed E-state index contributed by atoms with van der Waals surface area (Å²) in [5, 5.41) is 2.91. The van der Waals surface area contributed by atoms with Crippen molar-refractivity contribution in [2.24, 2.45) is 0 Å². The molecular weight excluding hydrogens is 304 g/mol. The smallest absolute Gasteiger partial charge is 0.224 e. The van der Waals surface area contributed by atoms with E-state index < -0.39 is 0 Å². The van der Waals surface area contributed by atoms with Gasteiger partial charge in [-0.2, -0.15) is 0 Å². The zero-order valence-electron chi connectivity index (χ0n) is 14.6. The molecule has 5 nitrogen and oxygen atoms in total. The van der Waals surface area contributed by atoms with Crippen LogP contribution in [0.25, 0.3) is 0 Å². The Hall–Kier alpha value is -2.04. The van der Waals surface area contributed by atoms with E-state index in [0.717, 1.165) is 37.1 Å². The first-order valence-electron chi connectivity index (χ1n) is 8.78. The molecule has 0 aliphatic carbocycles. The number of fused-ring (bicyclic) bond motifs is 1. The van der Waals surface area contributed by atoms with Crippen molar-refractivity contribution in [2.45, 2.75) is 51.6 Å². The molecule has 130 valence electrons. The van der Waals surface area contributed by atoms with E-state index in [4.69, 9.17) is 4.74 Å². The summed E-state index contributed by atoms with van der Waals surface area (Å²) in [6.07, 6.45) is 3.90. The highest BCUT2D eigenvalue weighted by atomic mass is 16.5. The third kappa shape index (κ3) is 4.08. The van der Waals surface area contributed by atoms with Crippen LogP contribution < -0.4 is 10.1 Å². The lowest BCUT2D eigenvalue weighted by atomic mass is 9.93. The van der Waals surface area contributed by atoms with Gasteiger partial charge >= 0.3 is 0 Å². The lowest BCUT2D eigenvalue weighted by molar-refractivity contribution is -0.128. The fraction of sp³-hybridized carbons (Fsp3) is 0.579. The molecule has 3 rings (SSSR count). The Morgan fingerprint density at radius 2 is 2.17 bits per heavy atom. The topological polar surface area (TPSA) is 58.6 Å². The van der Waals surface area contributed by atoms with Gasteiger partial charge in [0, 0.05) is 26.1 Å². The van der Waals surface area contributed by atoms with Crippen molar-refractivity contribution >= 4 is 11.8 Å². The van der Waals surface area contributed by atoms with E-state index in [1.54, 1.807) is 0 Å². The predicted octanol–water partition coefficient (Wildman–Crippen LogP) is 2.07. The molecule has 0 radical (unpaired) electrons. The lowest BCUT2D eigenvalue weighted by Gasteiger charge is -2.32. The number of aryl methyl sites for hydroxylation is 1. The molecule has 0 spiro atoms. The van der Waals surface area contributed by atoms with Gasteiger partial charge in [-0.25, -0.2) is 0 Å². The van der Waals surface area contributed by atoms with E-state index in [-0.39, 0.29) is 17.4 Å². The number of benzene rings is 1. The van der Waals surface area contributed by atoms with Gasteiger partial charge in [0.15, 0.2) is 0 Å². The monoisotopic (exact) mass is 330 g/mol. The molecule has 1 fully saturated rings. The summed E-state index contributed by atoms with van der Waals surface area (Å²) in [6, 6.07) is 6.01. The second-order valence-corrected chi connectivity index (χ2v) is 7.31. The highest BCUT2D eigenvalue weighted by Crippen LogP contribution is 2.33. The molecule has 24 heavy (non-hydrogen) atoms. The fourth-order valence-electron chi connectivity index (χ4n) is 3.34. The molecule has 1 aromatic carbocycles. The molecule has 1 N–H and O–H groups in total. The number of carbonyl (C=O) groups is 2. The van der Waals surface area contributed by atoms with Gasteiger partial charge in [-0.3, -0.25) is 9.59 Å². The zero-order valence-corrected chi connectivity index (χ0v) is 14.6. The van der Waals surface area contributed by atoms with Crippen LogP contribution in [0.1, 0.15) is 44.2 Å². The first-order valence-corrected chi connectivity index (χ1v) is 8.78. The van der Waals surface area contributed by atoms with Gasteiger partial charge < -0.3 is 15.0 Å². The minimum atomic E-state index is -0.112. The van der Waals surface area contributed by atoms with Crippen LogP contribution in [0.5, 0.6) is 5.75 Å². The predicted molar refractivity (Wildman–Crippen MR) is 92.0 cm³/mol. The number of nitrogens with zero attached hydrogens (tertiary/aromatic N) is 1. The molecule has 2 amide bonds. The van der Waals surface area contributed by atoms with Crippen LogP contribution in [-0.2, 0) is 22.4 Å². The van der Waals surface area contributed by atoms with Crippen LogP contribution in [0.4, 0.5) is 0 Å². The van der Waals surface area contributed by atoms with E-state index in [1.165, 1.54) is 5.56 Å². The normalized spacial score (nSPS) is 18.9. The summed E-state index contributed by atoms with van der Waals surface area (Å²) >= 11 is 0. The van der Waals surface area contributed by atoms with Crippen molar-refractivity contribution in [1.82, 2.24) is 10.2 Å². The van der Waals surface area contributed by atoms with Crippen molar-refractivity contribution in [3.05, 3.63) is 29.3 Å². The molecule has 1 aromatic rings. The molecule has 5 heteroatoms. The Bertz CT molecular complexity index is 639. The second kappa shape index (κ2) is 6.83. The summed E-state index contributed by atoms with van der Waals surface area (Å²) in [7, 11) is 0. The highest BCUT2D eigenvalue weighted by molar-refractivity contribution is 5.79. The van der Waals surface area contributed by atoms with Crippen LogP contribution >= 0.6 is 0 Å². The molecule has 2 heterocycles. The number of ether oxygens (including phenoxy) is 1. The van der Waals surface area contributed by atoms with Crippen molar-refractivity contribution in [3.8, 4) is 5.75 Å². The van der Waals surface area contributed by atoms with Crippen molar-refractivity contribution < 1.29 is 14.3 Å². The average molecular weight is 330 g/mol. The van der Waals surface area contributed by atoms with E-state index in [0.29, 0.717) is 25.9 Å². The SMILES string of the molecule is CC1(C)CCc2cc(CC(=O)NCCN3CCCC3=O)ccc2O1. The largest absolute Gasteiger partial charge is 0.488 e. The van der Waals surface area contributed by atoms with Crippen LogP contribution in [0.3, 0.4) is 0 Å². The number of amides is 2. The highest BCUT2D eigenvalue weighted by Gasteiger charge is 2.26. The van der Waals surface area contributed by atoms with Gasteiger partial charge in [0.2, 0.25) is 11.8 Å².